The maximum atomic E-state index is 13.8. The van der Waals surface area contributed by atoms with Crippen LogP contribution >= 0.6 is 0 Å². The fourth-order valence-corrected chi connectivity index (χ4v) is 2.62. The molecule has 0 aliphatic carbocycles. The number of carbonyl (C=O) groups excluding carboxylic acids is 1. The van der Waals surface area contributed by atoms with E-state index in [1.165, 1.54) is 26.4 Å². The molecule has 0 aliphatic rings. The molecule has 0 aromatic heterocycles. The Morgan fingerprint density at radius 3 is 2.52 bits per heavy atom. The van der Waals surface area contributed by atoms with Crippen molar-refractivity contribution in [2.45, 2.75) is 18.9 Å². The van der Waals surface area contributed by atoms with Crippen LogP contribution in [0.5, 0.6) is 11.5 Å². The lowest BCUT2D eigenvalue weighted by Gasteiger charge is -2.20. The number of amides is 1. The molecule has 1 unspecified atom stereocenters. The van der Waals surface area contributed by atoms with Gasteiger partial charge in [0.1, 0.15) is 11.5 Å². The van der Waals surface area contributed by atoms with Gasteiger partial charge in [0, 0.05) is 17.2 Å². The molecule has 2 N–H and O–H groups in total. The average Bonchev–Trinajstić information content (AvgIpc) is 2.64. The number of halogens is 2. The standard InChI is InChI=1S/C19H19F2NO5/c1-26-12-6-7-13(16(9-12)27-2)15(10-18(24)25)22-17(23)8-11-4-3-5-14(20)19(11)21/h3-7,9,15H,8,10H2,1-2H3,(H,22,23)(H,24,25). The number of methoxy groups -OCH3 is 2. The summed E-state index contributed by atoms with van der Waals surface area (Å²) in [4.78, 5) is 23.5. The van der Waals surface area contributed by atoms with Gasteiger partial charge in [0.15, 0.2) is 11.6 Å². The molecule has 1 atom stereocenters. The zero-order chi connectivity index (χ0) is 20.0. The van der Waals surface area contributed by atoms with Crippen LogP contribution in [0.1, 0.15) is 23.6 Å². The second kappa shape index (κ2) is 8.98. The van der Waals surface area contributed by atoms with Crippen molar-refractivity contribution in [2.75, 3.05) is 14.2 Å². The molecule has 1 amide bonds. The maximum absolute atomic E-state index is 13.8. The lowest BCUT2D eigenvalue weighted by Crippen LogP contribution is -2.32. The number of carboxylic acids is 1. The molecule has 0 spiro atoms. The van der Waals surface area contributed by atoms with Crippen molar-refractivity contribution in [3.8, 4) is 11.5 Å². The molecule has 2 aromatic rings. The number of ether oxygens (including phenoxy) is 2. The van der Waals surface area contributed by atoms with E-state index in [1.807, 2.05) is 0 Å². The predicted octanol–water partition coefficient (Wildman–Crippen LogP) is 2.86. The quantitative estimate of drug-likeness (QED) is 0.737. The van der Waals surface area contributed by atoms with Gasteiger partial charge in [-0.15, -0.1) is 0 Å². The number of rotatable bonds is 8. The van der Waals surface area contributed by atoms with Gasteiger partial charge in [0.05, 0.1) is 33.1 Å². The van der Waals surface area contributed by atoms with E-state index in [0.29, 0.717) is 17.1 Å². The van der Waals surface area contributed by atoms with Gasteiger partial charge >= 0.3 is 5.97 Å². The molecular weight excluding hydrogens is 360 g/mol. The minimum atomic E-state index is -1.14. The van der Waals surface area contributed by atoms with E-state index >= 15 is 0 Å². The molecule has 2 aromatic carbocycles. The van der Waals surface area contributed by atoms with Crippen LogP contribution in [0.4, 0.5) is 8.78 Å². The van der Waals surface area contributed by atoms with Gasteiger partial charge < -0.3 is 19.9 Å². The van der Waals surface area contributed by atoms with Crippen molar-refractivity contribution in [3.63, 3.8) is 0 Å². The third-order valence-corrected chi connectivity index (χ3v) is 3.91. The number of carboxylic acid groups (broad SMARTS) is 1. The number of hydrogen-bond acceptors (Lipinski definition) is 4. The summed E-state index contributed by atoms with van der Waals surface area (Å²) in [6.45, 7) is 0. The molecule has 0 heterocycles. The number of aliphatic carboxylic acids is 1. The fourth-order valence-electron chi connectivity index (χ4n) is 2.62. The molecule has 0 aliphatic heterocycles. The molecule has 2 rings (SSSR count). The summed E-state index contributed by atoms with van der Waals surface area (Å²) in [6, 6.07) is 7.35. The second-order valence-electron chi connectivity index (χ2n) is 5.72. The maximum Gasteiger partial charge on any atom is 0.305 e. The second-order valence-corrected chi connectivity index (χ2v) is 5.72. The highest BCUT2D eigenvalue weighted by Gasteiger charge is 2.23. The average molecular weight is 379 g/mol. The number of nitrogens with one attached hydrogen (secondary N) is 1. The topological polar surface area (TPSA) is 84.9 Å². The first-order valence-corrected chi connectivity index (χ1v) is 8.01. The summed E-state index contributed by atoms with van der Waals surface area (Å²) in [5, 5.41) is 11.7. The van der Waals surface area contributed by atoms with E-state index in [0.717, 1.165) is 6.07 Å². The van der Waals surface area contributed by atoms with Crippen molar-refractivity contribution < 1.29 is 33.0 Å². The number of carbonyl (C=O) groups is 2. The van der Waals surface area contributed by atoms with Gasteiger partial charge in [-0.2, -0.15) is 0 Å². The van der Waals surface area contributed by atoms with E-state index in [4.69, 9.17) is 14.6 Å². The van der Waals surface area contributed by atoms with Crippen LogP contribution in [-0.2, 0) is 16.0 Å². The molecular formula is C19H19F2NO5. The number of hydrogen-bond donors (Lipinski definition) is 2. The predicted molar refractivity (Wildman–Crippen MR) is 92.7 cm³/mol. The van der Waals surface area contributed by atoms with Crippen LogP contribution in [0.15, 0.2) is 36.4 Å². The zero-order valence-electron chi connectivity index (χ0n) is 14.8. The summed E-state index contributed by atoms with van der Waals surface area (Å²) in [6.07, 6.45) is -0.849. The Kier molecular flexibility index (Phi) is 6.70. The SMILES string of the molecule is COc1ccc(C(CC(=O)O)NC(=O)Cc2cccc(F)c2F)c(OC)c1. The molecule has 0 radical (unpaired) electrons. The molecule has 6 nitrogen and oxygen atoms in total. The molecule has 8 heteroatoms. The summed E-state index contributed by atoms with van der Waals surface area (Å²) in [5.41, 5.74) is 0.303. The van der Waals surface area contributed by atoms with E-state index in [9.17, 15) is 18.4 Å². The van der Waals surface area contributed by atoms with Crippen molar-refractivity contribution in [2.24, 2.45) is 0 Å². The van der Waals surface area contributed by atoms with Gasteiger partial charge in [-0.1, -0.05) is 12.1 Å². The Labute approximate surface area is 154 Å². The lowest BCUT2D eigenvalue weighted by atomic mass is 10.0. The van der Waals surface area contributed by atoms with Crippen LogP contribution in [0.2, 0.25) is 0 Å². The Morgan fingerprint density at radius 2 is 1.89 bits per heavy atom. The van der Waals surface area contributed by atoms with Gasteiger partial charge in [0.25, 0.3) is 0 Å². The summed E-state index contributed by atoms with van der Waals surface area (Å²) >= 11 is 0. The molecule has 0 saturated heterocycles. The number of benzene rings is 2. The van der Waals surface area contributed by atoms with Crippen molar-refractivity contribution in [3.05, 3.63) is 59.2 Å². The first kappa shape index (κ1) is 20.2. The Bertz CT molecular complexity index is 841. The third-order valence-electron chi connectivity index (χ3n) is 3.91. The minimum absolute atomic E-state index is 0.122. The Balaban J connectivity index is 2.25. The summed E-state index contributed by atoms with van der Waals surface area (Å²) < 4.78 is 37.4. The highest BCUT2D eigenvalue weighted by molar-refractivity contribution is 5.80. The van der Waals surface area contributed by atoms with Gasteiger partial charge in [-0.25, -0.2) is 8.78 Å². The molecule has 0 saturated carbocycles. The first-order chi connectivity index (χ1) is 12.8. The van der Waals surface area contributed by atoms with Crippen LogP contribution in [-0.4, -0.2) is 31.2 Å². The largest absolute Gasteiger partial charge is 0.497 e. The molecule has 0 fully saturated rings. The van der Waals surface area contributed by atoms with Crippen LogP contribution in [0.25, 0.3) is 0 Å². The molecule has 144 valence electrons. The van der Waals surface area contributed by atoms with Crippen molar-refractivity contribution >= 4 is 11.9 Å². The Hall–Kier alpha value is -3.16. The van der Waals surface area contributed by atoms with Crippen LogP contribution < -0.4 is 14.8 Å². The van der Waals surface area contributed by atoms with Gasteiger partial charge in [0.2, 0.25) is 5.91 Å². The highest BCUT2D eigenvalue weighted by Crippen LogP contribution is 2.31. The van der Waals surface area contributed by atoms with E-state index in [1.54, 1.807) is 18.2 Å². The third kappa shape index (κ3) is 5.16. The summed E-state index contributed by atoms with van der Waals surface area (Å²) in [5.74, 6) is -3.13. The van der Waals surface area contributed by atoms with Crippen molar-refractivity contribution in [1.29, 1.82) is 0 Å². The zero-order valence-corrected chi connectivity index (χ0v) is 14.8. The van der Waals surface area contributed by atoms with Crippen LogP contribution in [0.3, 0.4) is 0 Å². The molecule has 0 bridgehead atoms. The van der Waals surface area contributed by atoms with Crippen molar-refractivity contribution in [1.82, 2.24) is 5.32 Å². The minimum Gasteiger partial charge on any atom is -0.497 e. The van der Waals surface area contributed by atoms with Crippen LogP contribution in [0, 0.1) is 11.6 Å². The smallest absolute Gasteiger partial charge is 0.305 e. The lowest BCUT2D eigenvalue weighted by molar-refractivity contribution is -0.137. The van der Waals surface area contributed by atoms with E-state index < -0.39 is 42.4 Å². The monoisotopic (exact) mass is 379 g/mol. The molecule has 27 heavy (non-hydrogen) atoms. The van der Waals surface area contributed by atoms with Gasteiger partial charge in [-0.3, -0.25) is 9.59 Å². The highest BCUT2D eigenvalue weighted by atomic mass is 19.2. The fraction of sp³-hybridized carbons (Fsp3) is 0.263. The van der Waals surface area contributed by atoms with Gasteiger partial charge in [-0.05, 0) is 18.2 Å². The first-order valence-electron chi connectivity index (χ1n) is 8.01. The van der Waals surface area contributed by atoms with E-state index in [-0.39, 0.29) is 5.56 Å². The summed E-state index contributed by atoms with van der Waals surface area (Å²) in [7, 11) is 2.87. The normalized spacial score (nSPS) is 11.6. The Morgan fingerprint density at radius 1 is 1.15 bits per heavy atom. The van der Waals surface area contributed by atoms with E-state index in [2.05, 4.69) is 5.32 Å².